The van der Waals surface area contributed by atoms with Gasteiger partial charge in [-0.25, -0.2) is 8.78 Å². The topological polar surface area (TPSA) is 41.1 Å². The molecule has 118 valence electrons. The summed E-state index contributed by atoms with van der Waals surface area (Å²) in [6, 6.07) is 5.85. The van der Waals surface area contributed by atoms with E-state index in [2.05, 4.69) is 10.6 Å². The van der Waals surface area contributed by atoms with E-state index in [1.165, 1.54) is 18.2 Å². The molecular formula is C15H21ClF2N2O. The number of carbonyl (C=O) groups is 1. The zero-order chi connectivity index (χ0) is 14.4. The fourth-order valence-corrected chi connectivity index (χ4v) is 2.48. The van der Waals surface area contributed by atoms with Crippen molar-refractivity contribution in [2.24, 2.45) is 5.92 Å². The van der Waals surface area contributed by atoms with Gasteiger partial charge in [-0.3, -0.25) is 4.79 Å². The van der Waals surface area contributed by atoms with E-state index in [9.17, 15) is 13.6 Å². The average Bonchev–Trinajstić information content (AvgIpc) is 2.46. The van der Waals surface area contributed by atoms with Gasteiger partial charge in [-0.1, -0.05) is 12.1 Å². The predicted octanol–water partition coefficient (Wildman–Crippen LogP) is 3.76. The van der Waals surface area contributed by atoms with E-state index in [1.807, 2.05) is 0 Å². The lowest BCUT2D eigenvalue weighted by Crippen LogP contribution is -2.28. The summed E-state index contributed by atoms with van der Waals surface area (Å²) in [7, 11) is 0. The molecule has 0 radical (unpaired) electrons. The fourth-order valence-electron chi connectivity index (χ4n) is 2.48. The predicted molar refractivity (Wildman–Crippen MR) is 82.1 cm³/mol. The molecule has 6 heteroatoms. The number of hydrogen-bond donors (Lipinski definition) is 2. The lowest BCUT2D eigenvalue weighted by atomic mass is 9.93. The van der Waals surface area contributed by atoms with Gasteiger partial charge in [0.1, 0.15) is 0 Å². The van der Waals surface area contributed by atoms with Crippen LogP contribution >= 0.6 is 12.4 Å². The van der Waals surface area contributed by atoms with Gasteiger partial charge < -0.3 is 10.6 Å². The van der Waals surface area contributed by atoms with Crippen LogP contribution in [0.15, 0.2) is 24.3 Å². The summed E-state index contributed by atoms with van der Waals surface area (Å²) in [5, 5.41) is 5.98. The molecule has 21 heavy (non-hydrogen) atoms. The van der Waals surface area contributed by atoms with Crippen LogP contribution in [-0.2, 0) is 4.79 Å². The second-order valence-electron chi connectivity index (χ2n) is 5.21. The molecule has 1 aliphatic rings. The molecule has 0 atom stereocenters. The zero-order valence-corrected chi connectivity index (χ0v) is 12.6. The zero-order valence-electron chi connectivity index (χ0n) is 11.8. The van der Waals surface area contributed by atoms with Gasteiger partial charge in [0.15, 0.2) is 0 Å². The maximum Gasteiger partial charge on any atom is 0.263 e. The molecule has 1 aromatic rings. The molecule has 0 bridgehead atoms. The van der Waals surface area contributed by atoms with Gasteiger partial charge in [0.25, 0.3) is 6.43 Å². The Balaban J connectivity index is 0.00000220. The molecule has 1 saturated heterocycles. The van der Waals surface area contributed by atoms with Crippen molar-refractivity contribution >= 4 is 24.0 Å². The lowest BCUT2D eigenvalue weighted by molar-refractivity contribution is -0.116. The minimum atomic E-state index is -2.51. The van der Waals surface area contributed by atoms with Gasteiger partial charge in [0, 0.05) is 17.7 Å². The second kappa shape index (κ2) is 8.95. The standard InChI is InChI=1S/C15H20F2N2O.ClH/c16-15(17)12-2-1-3-13(10-12)19-14(20)5-4-11-6-8-18-9-7-11;/h1-3,10-11,15,18H,4-9H2,(H,19,20);1H. The number of alkyl halides is 2. The van der Waals surface area contributed by atoms with Crippen LogP contribution in [0.5, 0.6) is 0 Å². The second-order valence-corrected chi connectivity index (χ2v) is 5.21. The molecule has 0 aliphatic carbocycles. The molecule has 1 amide bonds. The number of halogens is 3. The third-order valence-corrected chi connectivity index (χ3v) is 3.66. The molecule has 2 rings (SSSR count). The van der Waals surface area contributed by atoms with Crippen molar-refractivity contribution < 1.29 is 13.6 Å². The van der Waals surface area contributed by atoms with Gasteiger partial charge in [0.2, 0.25) is 5.91 Å². The number of piperidine rings is 1. The lowest BCUT2D eigenvalue weighted by Gasteiger charge is -2.22. The Morgan fingerprint density at radius 3 is 2.71 bits per heavy atom. The van der Waals surface area contributed by atoms with Crippen LogP contribution < -0.4 is 10.6 Å². The van der Waals surface area contributed by atoms with Gasteiger partial charge in [0.05, 0.1) is 0 Å². The van der Waals surface area contributed by atoms with Crippen LogP contribution in [0.3, 0.4) is 0 Å². The Morgan fingerprint density at radius 2 is 2.05 bits per heavy atom. The number of nitrogens with one attached hydrogen (secondary N) is 2. The van der Waals surface area contributed by atoms with E-state index in [4.69, 9.17) is 0 Å². The van der Waals surface area contributed by atoms with Crippen LogP contribution in [0.1, 0.15) is 37.7 Å². The number of anilines is 1. The van der Waals surface area contributed by atoms with E-state index in [-0.39, 0.29) is 23.9 Å². The summed E-state index contributed by atoms with van der Waals surface area (Å²) in [5.41, 5.74) is 0.374. The minimum Gasteiger partial charge on any atom is -0.326 e. The molecular weight excluding hydrogens is 298 g/mol. The third kappa shape index (κ3) is 5.98. The van der Waals surface area contributed by atoms with Crippen LogP contribution in [0.2, 0.25) is 0 Å². The third-order valence-electron chi connectivity index (χ3n) is 3.66. The number of benzene rings is 1. The molecule has 1 fully saturated rings. The Morgan fingerprint density at radius 1 is 1.33 bits per heavy atom. The van der Waals surface area contributed by atoms with Gasteiger partial charge >= 0.3 is 0 Å². The van der Waals surface area contributed by atoms with Crippen LogP contribution in [0, 0.1) is 5.92 Å². The van der Waals surface area contributed by atoms with Crippen molar-refractivity contribution in [3.05, 3.63) is 29.8 Å². The smallest absolute Gasteiger partial charge is 0.263 e. The molecule has 0 unspecified atom stereocenters. The number of amides is 1. The van der Waals surface area contributed by atoms with Crippen molar-refractivity contribution in [2.75, 3.05) is 18.4 Å². The first-order valence-corrected chi connectivity index (χ1v) is 7.04. The highest BCUT2D eigenvalue weighted by molar-refractivity contribution is 5.90. The summed E-state index contributed by atoms with van der Waals surface area (Å²) in [4.78, 5) is 11.8. The Hall–Kier alpha value is -1.20. The van der Waals surface area contributed by atoms with Gasteiger partial charge in [-0.2, -0.15) is 0 Å². The van der Waals surface area contributed by atoms with Crippen molar-refractivity contribution in [1.29, 1.82) is 0 Å². The summed E-state index contributed by atoms with van der Waals surface area (Å²) in [5.74, 6) is 0.490. The molecule has 1 aromatic carbocycles. The van der Waals surface area contributed by atoms with Crippen molar-refractivity contribution in [1.82, 2.24) is 5.32 Å². The number of rotatable bonds is 5. The normalized spacial score (nSPS) is 15.6. The van der Waals surface area contributed by atoms with Crippen molar-refractivity contribution in [3.8, 4) is 0 Å². The van der Waals surface area contributed by atoms with Crippen LogP contribution in [0.25, 0.3) is 0 Å². The summed E-state index contributed by atoms with van der Waals surface area (Å²) in [6.45, 7) is 2.03. The van der Waals surface area contributed by atoms with Crippen LogP contribution in [-0.4, -0.2) is 19.0 Å². The quantitative estimate of drug-likeness (QED) is 0.868. The van der Waals surface area contributed by atoms with Crippen LogP contribution in [0.4, 0.5) is 14.5 Å². The molecule has 0 saturated carbocycles. The van der Waals surface area contributed by atoms with Gasteiger partial charge in [-0.05, 0) is 50.4 Å². The Labute approximate surface area is 129 Å². The van der Waals surface area contributed by atoms with E-state index in [0.29, 0.717) is 18.0 Å². The molecule has 0 aromatic heterocycles. The van der Waals surface area contributed by atoms with E-state index in [0.717, 1.165) is 32.4 Å². The summed E-state index contributed by atoms with van der Waals surface area (Å²) < 4.78 is 25.1. The minimum absolute atomic E-state index is 0. The first-order valence-electron chi connectivity index (χ1n) is 7.04. The molecule has 0 spiro atoms. The SMILES string of the molecule is Cl.O=C(CCC1CCNCC1)Nc1cccc(C(F)F)c1. The molecule has 2 N–H and O–H groups in total. The highest BCUT2D eigenvalue weighted by Gasteiger charge is 2.15. The van der Waals surface area contributed by atoms with E-state index < -0.39 is 6.43 Å². The average molecular weight is 319 g/mol. The molecule has 3 nitrogen and oxygen atoms in total. The molecule has 1 heterocycles. The van der Waals surface area contributed by atoms with E-state index >= 15 is 0 Å². The first kappa shape index (κ1) is 17.9. The molecule has 1 aliphatic heterocycles. The monoisotopic (exact) mass is 318 g/mol. The van der Waals surface area contributed by atoms with Crippen molar-refractivity contribution in [2.45, 2.75) is 32.1 Å². The van der Waals surface area contributed by atoms with Gasteiger partial charge in [-0.15, -0.1) is 12.4 Å². The van der Waals surface area contributed by atoms with Crippen molar-refractivity contribution in [3.63, 3.8) is 0 Å². The first-order chi connectivity index (χ1) is 9.65. The number of carbonyl (C=O) groups excluding carboxylic acids is 1. The fraction of sp³-hybridized carbons (Fsp3) is 0.533. The maximum atomic E-state index is 12.6. The maximum absolute atomic E-state index is 12.6. The highest BCUT2D eigenvalue weighted by atomic mass is 35.5. The Bertz CT molecular complexity index is 451. The summed E-state index contributed by atoms with van der Waals surface area (Å²) in [6.07, 6.45) is 1.01. The number of hydrogen-bond acceptors (Lipinski definition) is 2. The van der Waals surface area contributed by atoms with E-state index in [1.54, 1.807) is 6.07 Å². The summed E-state index contributed by atoms with van der Waals surface area (Å²) >= 11 is 0. The largest absolute Gasteiger partial charge is 0.326 e. The Kier molecular flexibility index (Phi) is 7.61. The highest BCUT2D eigenvalue weighted by Crippen LogP contribution is 2.22.